The Kier molecular flexibility index (Phi) is 4.94. The first kappa shape index (κ1) is 13.3. The summed E-state index contributed by atoms with van der Waals surface area (Å²) in [5.74, 6) is 0.700. The number of aldehydes is 1. The second kappa shape index (κ2) is 6.69. The van der Waals surface area contributed by atoms with E-state index in [1.807, 2.05) is 0 Å². The first-order valence-corrected chi connectivity index (χ1v) is 7.00. The minimum Gasteiger partial charge on any atom is -0.306 e. The quantitative estimate of drug-likeness (QED) is 0.760. The summed E-state index contributed by atoms with van der Waals surface area (Å²) >= 11 is 0. The highest BCUT2D eigenvalue weighted by Gasteiger charge is 2.16. The molecule has 1 fully saturated rings. The van der Waals surface area contributed by atoms with Gasteiger partial charge in [-0.1, -0.05) is 24.3 Å². The van der Waals surface area contributed by atoms with Crippen molar-refractivity contribution in [1.29, 1.82) is 0 Å². The zero-order chi connectivity index (χ0) is 12.8. The Morgan fingerprint density at radius 3 is 3.06 bits per heavy atom. The SMILES string of the molecule is CN1CCCC(c2cccc(CCC=O)c2)CC1. The van der Waals surface area contributed by atoms with Crippen LogP contribution in [0, 0.1) is 0 Å². The molecular weight excluding hydrogens is 222 g/mol. The average Bonchev–Trinajstić information content (AvgIpc) is 2.61. The van der Waals surface area contributed by atoms with Crippen molar-refractivity contribution in [1.82, 2.24) is 4.90 Å². The maximum Gasteiger partial charge on any atom is 0.120 e. The molecule has 1 aliphatic rings. The predicted molar refractivity (Wildman–Crippen MR) is 74.9 cm³/mol. The minimum atomic E-state index is 0.636. The highest BCUT2D eigenvalue weighted by atomic mass is 16.1. The van der Waals surface area contributed by atoms with Crippen molar-refractivity contribution in [3.8, 4) is 0 Å². The number of hydrogen-bond acceptors (Lipinski definition) is 2. The zero-order valence-corrected chi connectivity index (χ0v) is 11.3. The van der Waals surface area contributed by atoms with Crippen LogP contribution in [0.3, 0.4) is 0 Å². The molecule has 2 heteroatoms. The molecule has 0 aromatic heterocycles. The van der Waals surface area contributed by atoms with Gasteiger partial charge in [0.15, 0.2) is 0 Å². The topological polar surface area (TPSA) is 20.3 Å². The molecule has 0 aliphatic carbocycles. The molecule has 0 amide bonds. The van der Waals surface area contributed by atoms with Crippen LogP contribution in [-0.4, -0.2) is 31.3 Å². The van der Waals surface area contributed by atoms with Crippen LogP contribution < -0.4 is 0 Å². The lowest BCUT2D eigenvalue weighted by Gasteiger charge is -2.16. The second-order valence-corrected chi connectivity index (χ2v) is 5.38. The van der Waals surface area contributed by atoms with E-state index in [0.717, 1.165) is 12.7 Å². The molecule has 1 saturated heterocycles. The number of nitrogens with zero attached hydrogens (tertiary/aromatic N) is 1. The fraction of sp³-hybridized carbons (Fsp3) is 0.562. The van der Waals surface area contributed by atoms with Gasteiger partial charge in [0, 0.05) is 6.42 Å². The van der Waals surface area contributed by atoms with Crippen molar-refractivity contribution >= 4 is 6.29 Å². The Morgan fingerprint density at radius 1 is 1.33 bits per heavy atom. The first-order chi connectivity index (χ1) is 8.79. The lowest BCUT2D eigenvalue weighted by molar-refractivity contribution is -0.107. The van der Waals surface area contributed by atoms with E-state index in [1.54, 1.807) is 0 Å². The van der Waals surface area contributed by atoms with Gasteiger partial charge in [-0.15, -0.1) is 0 Å². The molecule has 0 N–H and O–H groups in total. The Hall–Kier alpha value is -1.15. The van der Waals surface area contributed by atoms with Gasteiger partial charge in [-0.25, -0.2) is 0 Å². The van der Waals surface area contributed by atoms with Crippen molar-refractivity contribution in [3.05, 3.63) is 35.4 Å². The summed E-state index contributed by atoms with van der Waals surface area (Å²) in [6.07, 6.45) is 6.36. The van der Waals surface area contributed by atoms with Crippen LogP contribution in [0.1, 0.15) is 42.7 Å². The number of likely N-dealkylation sites (tertiary alicyclic amines) is 1. The molecule has 2 rings (SSSR count). The fourth-order valence-electron chi connectivity index (χ4n) is 2.80. The van der Waals surface area contributed by atoms with Crippen LogP contribution in [0.5, 0.6) is 0 Å². The lowest BCUT2D eigenvalue weighted by Crippen LogP contribution is -2.18. The molecule has 0 saturated carbocycles. The van der Waals surface area contributed by atoms with Crippen molar-refractivity contribution in [2.45, 2.75) is 38.0 Å². The monoisotopic (exact) mass is 245 g/mol. The summed E-state index contributed by atoms with van der Waals surface area (Å²) in [6, 6.07) is 8.83. The van der Waals surface area contributed by atoms with Gasteiger partial charge in [0.1, 0.15) is 6.29 Å². The van der Waals surface area contributed by atoms with Crippen LogP contribution >= 0.6 is 0 Å². The molecule has 0 bridgehead atoms. The number of benzene rings is 1. The van der Waals surface area contributed by atoms with E-state index in [0.29, 0.717) is 12.3 Å². The van der Waals surface area contributed by atoms with Gasteiger partial charge in [0.2, 0.25) is 0 Å². The van der Waals surface area contributed by atoms with E-state index in [1.165, 1.54) is 43.5 Å². The first-order valence-electron chi connectivity index (χ1n) is 7.00. The Labute approximate surface area is 110 Å². The molecule has 0 radical (unpaired) electrons. The maximum absolute atomic E-state index is 10.4. The van der Waals surface area contributed by atoms with Crippen molar-refractivity contribution in [3.63, 3.8) is 0 Å². The number of carbonyl (C=O) groups is 1. The Bertz CT molecular complexity index is 388. The van der Waals surface area contributed by atoms with Gasteiger partial charge in [0.05, 0.1) is 0 Å². The number of carbonyl (C=O) groups excluding carboxylic acids is 1. The lowest BCUT2D eigenvalue weighted by atomic mass is 9.90. The maximum atomic E-state index is 10.4. The Morgan fingerprint density at radius 2 is 2.22 bits per heavy atom. The van der Waals surface area contributed by atoms with E-state index < -0.39 is 0 Å². The molecule has 1 aliphatic heterocycles. The number of rotatable bonds is 4. The largest absolute Gasteiger partial charge is 0.306 e. The van der Waals surface area contributed by atoms with Crippen LogP contribution in [0.25, 0.3) is 0 Å². The summed E-state index contributed by atoms with van der Waals surface area (Å²) in [5, 5.41) is 0. The molecule has 1 aromatic carbocycles. The zero-order valence-electron chi connectivity index (χ0n) is 11.3. The number of aryl methyl sites for hydroxylation is 1. The summed E-state index contributed by atoms with van der Waals surface area (Å²) in [4.78, 5) is 12.9. The van der Waals surface area contributed by atoms with Gasteiger partial charge in [0.25, 0.3) is 0 Å². The van der Waals surface area contributed by atoms with Gasteiger partial charge >= 0.3 is 0 Å². The third kappa shape index (κ3) is 3.67. The van der Waals surface area contributed by atoms with E-state index in [4.69, 9.17) is 0 Å². The summed E-state index contributed by atoms with van der Waals surface area (Å²) < 4.78 is 0. The minimum absolute atomic E-state index is 0.636. The molecule has 0 spiro atoms. The standard InChI is InChI=1S/C16H23NO/c1-17-10-3-8-15(9-11-17)16-7-2-5-14(13-16)6-4-12-18/h2,5,7,12-13,15H,3-4,6,8-11H2,1H3. The third-order valence-corrected chi connectivity index (χ3v) is 3.93. The van der Waals surface area contributed by atoms with E-state index in [9.17, 15) is 4.79 Å². The van der Waals surface area contributed by atoms with E-state index >= 15 is 0 Å². The highest BCUT2D eigenvalue weighted by Crippen LogP contribution is 2.28. The number of hydrogen-bond donors (Lipinski definition) is 0. The molecular formula is C16H23NO. The van der Waals surface area contributed by atoms with Crippen LogP contribution in [-0.2, 0) is 11.2 Å². The second-order valence-electron chi connectivity index (χ2n) is 5.38. The normalized spacial score (nSPS) is 21.5. The summed E-state index contributed by atoms with van der Waals surface area (Å²) in [6.45, 7) is 2.42. The van der Waals surface area contributed by atoms with Crippen LogP contribution in [0.4, 0.5) is 0 Å². The average molecular weight is 245 g/mol. The van der Waals surface area contributed by atoms with Crippen molar-refractivity contribution in [2.75, 3.05) is 20.1 Å². The van der Waals surface area contributed by atoms with Gasteiger partial charge in [-0.05, 0) is 62.9 Å². The van der Waals surface area contributed by atoms with Gasteiger partial charge in [-0.3, -0.25) is 0 Å². The van der Waals surface area contributed by atoms with Crippen LogP contribution in [0.15, 0.2) is 24.3 Å². The van der Waals surface area contributed by atoms with Crippen molar-refractivity contribution < 1.29 is 4.79 Å². The summed E-state index contributed by atoms with van der Waals surface area (Å²) in [5.41, 5.74) is 2.77. The summed E-state index contributed by atoms with van der Waals surface area (Å²) in [7, 11) is 2.21. The van der Waals surface area contributed by atoms with Gasteiger partial charge < -0.3 is 9.69 Å². The molecule has 1 heterocycles. The fourth-order valence-corrected chi connectivity index (χ4v) is 2.80. The van der Waals surface area contributed by atoms with Crippen molar-refractivity contribution in [2.24, 2.45) is 0 Å². The molecule has 98 valence electrons. The third-order valence-electron chi connectivity index (χ3n) is 3.93. The Balaban J connectivity index is 2.04. The highest BCUT2D eigenvalue weighted by molar-refractivity contribution is 5.50. The van der Waals surface area contributed by atoms with Crippen LogP contribution in [0.2, 0.25) is 0 Å². The molecule has 2 nitrogen and oxygen atoms in total. The van der Waals surface area contributed by atoms with Gasteiger partial charge in [-0.2, -0.15) is 0 Å². The molecule has 1 aromatic rings. The van der Waals surface area contributed by atoms with E-state index in [2.05, 4.69) is 36.2 Å². The molecule has 1 atom stereocenters. The predicted octanol–water partition coefficient (Wildman–Crippen LogP) is 3.02. The molecule has 1 unspecified atom stereocenters. The smallest absolute Gasteiger partial charge is 0.120 e. The van der Waals surface area contributed by atoms with E-state index in [-0.39, 0.29) is 0 Å². The molecule has 18 heavy (non-hydrogen) atoms.